The zero-order valence-electron chi connectivity index (χ0n) is 15.1. The van der Waals surface area contributed by atoms with Crippen molar-refractivity contribution in [3.63, 3.8) is 0 Å². The van der Waals surface area contributed by atoms with Gasteiger partial charge in [-0.15, -0.1) is 0 Å². The molecule has 0 radical (unpaired) electrons. The van der Waals surface area contributed by atoms with E-state index in [0.29, 0.717) is 0 Å². The number of benzene rings is 1. The normalized spacial score (nSPS) is 11.3. The van der Waals surface area contributed by atoms with Gasteiger partial charge in [0.15, 0.2) is 0 Å². The van der Waals surface area contributed by atoms with Crippen molar-refractivity contribution in [2.45, 2.75) is 72.8 Å². The van der Waals surface area contributed by atoms with Crippen LogP contribution in [0, 0.1) is 13.8 Å². The predicted octanol–water partition coefficient (Wildman–Crippen LogP) is 5.27. The number of imidazole rings is 1. The maximum absolute atomic E-state index is 12.8. The Morgan fingerprint density at radius 3 is 2.17 bits per heavy atom. The molecule has 1 aromatic carbocycles. The molecular weight excluding hydrogens is 284 g/mol. The van der Waals surface area contributed by atoms with Crippen LogP contribution in [-0.2, 0) is 6.54 Å². The molecule has 23 heavy (non-hydrogen) atoms. The monoisotopic (exact) mass is 314 g/mol. The first-order chi connectivity index (χ1) is 11.0. The molecule has 0 bridgehead atoms. The lowest BCUT2D eigenvalue weighted by Crippen LogP contribution is -2.23. The topological polar surface area (TPSA) is 26.9 Å². The standard InChI is InChI=1S/C20H30N2O/c1-6-7-8-9-10-11-12-21-18-13-16(4)17(5)14-19(18)22(15(2)3)20(21)23/h13-14H,2,6-12H2,1,3-5H3. The second kappa shape index (κ2) is 7.67. The van der Waals surface area contributed by atoms with Crippen LogP contribution >= 0.6 is 0 Å². The third-order valence-electron chi connectivity index (χ3n) is 4.66. The Bertz CT molecular complexity index is 749. The van der Waals surface area contributed by atoms with Gasteiger partial charge < -0.3 is 0 Å². The van der Waals surface area contributed by atoms with Crippen LogP contribution in [0.1, 0.15) is 63.5 Å². The zero-order valence-corrected chi connectivity index (χ0v) is 15.1. The van der Waals surface area contributed by atoms with Crippen LogP contribution in [-0.4, -0.2) is 9.13 Å². The van der Waals surface area contributed by atoms with Gasteiger partial charge in [-0.25, -0.2) is 4.79 Å². The molecule has 0 N–H and O–H groups in total. The highest BCUT2D eigenvalue weighted by Crippen LogP contribution is 2.21. The van der Waals surface area contributed by atoms with Crippen LogP contribution in [0.4, 0.5) is 0 Å². The summed E-state index contributed by atoms with van der Waals surface area (Å²) in [4.78, 5) is 12.8. The number of nitrogens with zero attached hydrogens (tertiary/aromatic N) is 2. The SMILES string of the molecule is C=C(C)n1c(=O)n(CCCCCCCC)c2cc(C)c(C)cc21. The fourth-order valence-corrected chi connectivity index (χ4v) is 3.14. The number of aryl methyl sites for hydroxylation is 3. The quantitative estimate of drug-likeness (QED) is 0.610. The van der Waals surface area contributed by atoms with Crippen LogP contribution in [0.15, 0.2) is 23.5 Å². The molecule has 0 aliphatic carbocycles. The summed E-state index contributed by atoms with van der Waals surface area (Å²) in [6, 6.07) is 4.25. The third-order valence-corrected chi connectivity index (χ3v) is 4.66. The minimum atomic E-state index is 0.0473. The molecule has 2 rings (SSSR count). The van der Waals surface area contributed by atoms with Crippen LogP contribution in [0.2, 0.25) is 0 Å². The van der Waals surface area contributed by atoms with E-state index in [2.05, 4.69) is 39.5 Å². The van der Waals surface area contributed by atoms with E-state index in [1.54, 1.807) is 4.57 Å². The summed E-state index contributed by atoms with van der Waals surface area (Å²) in [5.41, 5.74) is 5.29. The first-order valence-electron chi connectivity index (χ1n) is 8.85. The number of hydrogen-bond acceptors (Lipinski definition) is 1. The molecule has 0 spiro atoms. The minimum Gasteiger partial charge on any atom is -0.292 e. The lowest BCUT2D eigenvalue weighted by atomic mass is 10.1. The lowest BCUT2D eigenvalue weighted by molar-refractivity contribution is 0.555. The van der Waals surface area contributed by atoms with E-state index in [1.165, 1.54) is 43.2 Å². The molecule has 3 heteroatoms. The average Bonchev–Trinajstić information content (AvgIpc) is 2.75. The number of fused-ring (bicyclic) bond motifs is 1. The van der Waals surface area contributed by atoms with Crippen molar-refractivity contribution >= 4 is 16.7 Å². The smallest absolute Gasteiger partial charge is 0.292 e. The molecule has 0 fully saturated rings. The van der Waals surface area contributed by atoms with Gasteiger partial charge in [-0.1, -0.05) is 45.6 Å². The molecule has 1 heterocycles. The number of unbranched alkanes of at least 4 members (excludes halogenated alkanes) is 5. The van der Waals surface area contributed by atoms with Gasteiger partial charge >= 0.3 is 5.69 Å². The summed E-state index contributed by atoms with van der Waals surface area (Å²) in [7, 11) is 0. The molecule has 3 nitrogen and oxygen atoms in total. The zero-order chi connectivity index (χ0) is 17.0. The Labute approximate surface area is 139 Å². The summed E-state index contributed by atoms with van der Waals surface area (Å²) in [5.74, 6) is 0. The third kappa shape index (κ3) is 3.77. The van der Waals surface area contributed by atoms with Crippen molar-refractivity contribution in [2.24, 2.45) is 0 Å². The fourth-order valence-electron chi connectivity index (χ4n) is 3.14. The Morgan fingerprint density at radius 2 is 1.57 bits per heavy atom. The largest absolute Gasteiger partial charge is 0.333 e. The lowest BCUT2D eigenvalue weighted by Gasteiger charge is -2.05. The number of aromatic nitrogens is 2. The number of rotatable bonds is 8. The first-order valence-corrected chi connectivity index (χ1v) is 8.85. The molecule has 0 amide bonds. The maximum atomic E-state index is 12.8. The highest BCUT2D eigenvalue weighted by molar-refractivity contribution is 5.81. The van der Waals surface area contributed by atoms with E-state index in [0.717, 1.165) is 29.7 Å². The summed E-state index contributed by atoms with van der Waals surface area (Å²) in [5, 5.41) is 0. The van der Waals surface area contributed by atoms with Gasteiger partial charge in [0.05, 0.1) is 11.0 Å². The Kier molecular flexibility index (Phi) is 5.86. The van der Waals surface area contributed by atoms with E-state index in [9.17, 15) is 4.79 Å². The van der Waals surface area contributed by atoms with Gasteiger partial charge in [-0.3, -0.25) is 9.13 Å². The van der Waals surface area contributed by atoms with Crippen molar-refractivity contribution in [2.75, 3.05) is 0 Å². The molecule has 0 unspecified atom stereocenters. The number of hydrogen-bond donors (Lipinski definition) is 0. The molecule has 0 aliphatic heterocycles. The van der Waals surface area contributed by atoms with E-state index < -0.39 is 0 Å². The summed E-state index contributed by atoms with van der Waals surface area (Å²) in [6.45, 7) is 13.1. The Balaban J connectivity index is 2.28. The highest BCUT2D eigenvalue weighted by atomic mass is 16.1. The summed E-state index contributed by atoms with van der Waals surface area (Å²) < 4.78 is 3.68. The first kappa shape index (κ1) is 17.6. The van der Waals surface area contributed by atoms with Gasteiger partial charge in [-0.2, -0.15) is 0 Å². The molecular formula is C20H30N2O. The molecule has 2 aromatic rings. The molecule has 126 valence electrons. The fraction of sp³-hybridized carbons (Fsp3) is 0.550. The predicted molar refractivity (Wildman–Crippen MR) is 100 cm³/mol. The Morgan fingerprint density at radius 1 is 1.00 bits per heavy atom. The van der Waals surface area contributed by atoms with E-state index in [4.69, 9.17) is 0 Å². The van der Waals surface area contributed by atoms with Crippen molar-refractivity contribution in [3.8, 4) is 0 Å². The van der Waals surface area contributed by atoms with E-state index in [-0.39, 0.29) is 5.69 Å². The van der Waals surface area contributed by atoms with Gasteiger partial charge in [0.2, 0.25) is 0 Å². The van der Waals surface area contributed by atoms with Crippen LogP contribution in [0.25, 0.3) is 16.7 Å². The van der Waals surface area contributed by atoms with Crippen molar-refractivity contribution in [1.82, 2.24) is 9.13 Å². The number of allylic oxidation sites excluding steroid dienone is 1. The second-order valence-corrected chi connectivity index (χ2v) is 6.70. The molecule has 0 atom stereocenters. The van der Waals surface area contributed by atoms with Crippen LogP contribution in [0.3, 0.4) is 0 Å². The van der Waals surface area contributed by atoms with Gasteiger partial charge in [0.25, 0.3) is 0 Å². The summed E-state index contributed by atoms with van der Waals surface area (Å²) in [6.07, 6.45) is 7.40. The molecule has 0 aliphatic rings. The van der Waals surface area contributed by atoms with Crippen molar-refractivity contribution < 1.29 is 0 Å². The van der Waals surface area contributed by atoms with Crippen molar-refractivity contribution in [1.29, 1.82) is 0 Å². The van der Waals surface area contributed by atoms with E-state index in [1.807, 2.05) is 11.5 Å². The van der Waals surface area contributed by atoms with E-state index >= 15 is 0 Å². The average molecular weight is 314 g/mol. The highest BCUT2D eigenvalue weighted by Gasteiger charge is 2.14. The Hall–Kier alpha value is -1.77. The van der Waals surface area contributed by atoms with Crippen molar-refractivity contribution in [3.05, 3.63) is 40.3 Å². The molecule has 0 saturated carbocycles. The second-order valence-electron chi connectivity index (χ2n) is 6.70. The van der Waals surface area contributed by atoms with Crippen LogP contribution in [0.5, 0.6) is 0 Å². The maximum Gasteiger partial charge on any atom is 0.333 e. The van der Waals surface area contributed by atoms with Gasteiger partial charge in [0, 0.05) is 12.2 Å². The van der Waals surface area contributed by atoms with Gasteiger partial charge in [0.1, 0.15) is 0 Å². The molecule has 1 aromatic heterocycles. The van der Waals surface area contributed by atoms with Gasteiger partial charge in [-0.05, 0) is 50.5 Å². The minimum absolute atomic E-state index is 0.0473. The van der Waals surface area contributed by atoms with Crippen LogP contribution < -0.4 is 5.69 Å². The molecule has 0 saturated heterocycles. The summed E-state index contributed by atoms with van der Waals surface area (Å²) >= 11 is 0.